The van der Waals surface area contributed by atoms with E-state index in [2.05, 4.69) is 16.8 Å². The van der Waals surface area contributed by atoms with Crippen molar-refractivity contribution in [2.75, 3.05) is 45.8 Å². The molecule has 2 fully saturated rings. The average Bonchev–Trinajstić information content (AvgIpc) is 3.32. The molecular weight excluding hydrogens is 440 g/mol. The molecule has 0 bridgehead atoms. The first-order chi connectivity index (χ1) is 17.0. The van der Waals surface area contributed by atoms with Gasteiger partial charge in [-0.15, -0.1) is 0 Å². The van der Waals surface area contributed by atoms with Gasteiger partial charge in [0.15, 0.2) is 5.58 Å². The molecule has 0 atom stereocenters. The number of nitrogens with zero attached hydrogens (tertiary/aromatic N) is 4. The Morgan fingerprint density at radius 3 is 2.34 bits per heavy atom. The summed E-state index contributed by atoms with van der Waals surface area (Å²) in [7, 11) is 0. The minimum atomic E-state index is 0.0145. The molecule has 3 aromatic rings. The number of piperazine rings is 1. The third-order valence-corrected chi connectivity index (χ3v) is 7.47. The number of rotatable bonds is 5. The van der Waals surface area contributed by atoms with Crippen molar-refractivity contribution in [1.29, 1.82) is 0 Å². The van der Waals surface area contributed by atoms with Crippen molar-refractivity contribution in [3.63, 3.8) is 0 Å². The Kier molecular flexibility index (Phi) is 6.86. The number of carbonyl (C=O) groups excluding carboxylic acids is 2. The second-order valence-corrected chi connectivity index (χ2v) is 9.82. The highest BCUT2D eigenvalue weighted by atomic mass is 16.3. The molecule has 0 radical (unpaired) electrons. The summed E-state index contributed by atoms with van der Waals surface area (Å²) < 4.78 is 5.98. The Morgan fingerprint density at radius 2 is 1.66 bits per heavy atom. The number of hydrogen-bond donors (Lipinski definition) is 0. The van der Waals surface area contributed by atoms with Crippen LogP contribution in [0.2, 0.25) is 0 Å². The highest BCUT2D eigenvalue weighted by Crippen LogP contribution is 2.27. The molecule has 7 nitrogen and oxygen atoms in total. The van der Waals surface area contributed by atoms with Crippen LogP contribution in [0.1, 0.15) is 42.1 Å². The quantitative estimate of drug-likeness (QED) is 0.554. The van der Waals surface area contributed by atoms with Gasteiger partial charge in [-0.05, 0) is 62.6 Å². The van der Waals surface area contributed by atoms with Crippen molar-refractivity contribution in [2.24, 2.45) is 5.92 Å². The molecule has 2 saturated heterocycles. The molecule has 0 N–H and O–H groups in total. The van der Waals surface area contributed by atoms with E-state index in [1.165, 1.54) is 5.56 Å². The lowest BCUT2D eigenvalue weighted by Gasteiger charge is -2.36. The number of amides is 2. The molecule has 0 spiro atoms. The van der Waals surface area contributed by atoms with E-state index in [9.17, 15) is 9.59 Å². The van der Waals surface area contributed by atoms with E-state index < -0.39 is 0 Å². The normalized spacial score (nSPS) is 17.8. The Morgan fingerprint density at radius 1 is 0.943 bits per heavy atom. The van der Waals surface area contributed by atoms with Gasteiger partial charge in [0.2, 0.25) is 11.8 Å². The van der Waals surface area contributed by atoms with Crippen LogP contribution in [0.5, 0.6) is 0 Å². The molecule has 184 valence electrons. The number of aryl methyl sites for hydroxylation is 1. The van der Waals surface area contributed by atoms with Gasteiger partial charge < -0.3 is 19.1 Å². The molecule has 2 aromatic carbocycles. The largest absolute Gasteiger partial charge is 0.436 e. The van der Waals surface area contributed by atoms with E-state index >= 15 is 0 Å². The van der Waals surface area contributed by atoms with Gasteiger partial charge in [0.25, 0.3) is 5.91 Å². The Hall–Kier alpha value is -3.19. The van der Waals surface area contributed by atoms with Gasteiger partial charge >= 0.3 is 0 Å². The summed E-state index contributed by atoms with van der Waals surface area (Å²) in [4.78, 5) is 36.8. The number of fused-ring (bicyclic) bond motifs is 1. The van der Waals surface area contributed by atoms with Crippen LogP contribution < -0.4 is 0 Å². The SMILES string of the molecule is CCN1CCN(C(=O)CC2CCN(C(=O)c3ccc4nc(-c5ccc(C)cc5)oc4c3)CC2)CC1. The Labute approximate surface area is 206 Å². The van der Waals surface area contributed by atoms with Crippen LogP contribution in [0.4, 0.5) is 0 Å². The van der Waals surface area contributed by atoms with Gasteiger partial charge in [0, 0.05) is 56.8 Å². The van der Waals surface area contributed by atoms with Crippen LogP contribution in [0.3, 0.4) is 0 Å². The number of aromatic nitrogens is 1. The maximum atomic E-state index is 13.2. The third kappa shape index (κ3) is 5.25. The summed E-state index contributed by atoms with van der Waals surface area (Å²) in [5.41, 5.74) is 4.08. The Balaban J connectivity index is 1.17. The van der Waals surface area contributed by atoms with Crippen LogP contribution in [0.15, 0.2) is 46.9 Å². The number of likely N-dealkylation sites (tertiary alicyclic amines) is 1. The topological polar surface area (TPSA) is 69.9 Å². The van der Waals surface area contributed by atoms with Crippen LogP contribution in [-0.2, 0) is 4.79 Å². The van der Waals surface area contributed by atoms with E-state index in [0.717, 1.165) is 56.6 Å². The number of carbonyl (C=O) groups is 2. The minimum Gasteiger partial charge on any atom is -0.436 e. The van der Waals surface area contributed by atoms with E-state index in [1.807, 2.05) is 53.1 Å². The van der Waals surface area contributed by atoms with Crippen LogP contribution in [-0.4, -0.2) is 77.3 Å². The summed E-state index contributed by atoms with van der Waals surface area (Å²) in [6.45, 7) is 10.2. The van der Waals surface area contributed by atoms with E-state index in [4.69, 9.17) is 4.42 Å². The summed E-state index contributed by atoms with van der Waals surface area (Å²) in [5.74, 6) is 1.20. The number of likely N-dealkylation sites (N-methyl/N-ethyl adjacent to an activating group) is 1. The molecule has 3 heterocycles. The zero-order valence-electron chi connectivity index (χ0n) is 20.7. The van der Waals surface area contributed by atoms with Gasteiger partial charge in [-0.3, -0.25) is 9.59 Å². The van der Waals surface area contributed by atoms with Crippen molar-refractivity contribution in [3.8, 4) is 11.5 Å². The monoisotopic (exact) mass is 474 g/mol. The fourth-order valence-corrected chi connectivity index (χ4v) is 5.09. The van der Waals surface area contributed by atoms with Crippen molar-refractivity contribution in [3.05, 3.63) is 53.6 Å². The highest BCUT2D eigenvalue weighted by molar-refractivity contribution is 5.97. The molecule has 2 aliphatic heterocycles. The number of piperidine rings is 1. The molecule has 1 aromatic heterocycles. The van der Waals surface area contributed by atoms with E-state index in [0.29, 0.717) is 42.5 Å². The fourth-order valence-electron chi connectivity index (χ4n) is 5.09. The molecule has 5 rings (SSSR count). The van der Waals surface area contributed by atoms with Gasteiger partial charge in [-0.25, -0.2) is 4.98 Å². The van der Waals surface area contributed by atoms with Crippen LogP contribution in [0, 0.1) is 12.8 Å². The second kappa shape index (κ2) is 10.2. The van der Waals surface area contributed by atoms with Gasteiger partial charge in [-0.2, -0.15) is 0 Å². The number of hydrogen-bond acceptors (Lipinski definition) is 5. The molecule has 0 unspecified atom stereocenters. The zero-order chi connectivity index (χ0) is 24.4. The van der Waals surface area contributed by atoms with Gasteiger partial charge in [-0.1, -0.05) is 24.6 Å². The lowest BCUT2D eigenvalue weighted by atomic mass is 9.92. The fraction of sp³-hybridized carbons (Fsp3) is 0.464. The average molecular weight is 475 g/mol. The van der Waals surface area contributed by atoms with Gasteiger partial charge in [0.1, 0.15) is 5.52 Å². The smallest absolute Gasteiger partial charge is 0.253 e. The van der Waals surface area contributed by atoms with E-state index in [-0.39, 0.29) is 11.8 Å². The van der Waals surface area contributed by atoms with Crippen molar-refractivity contribution in [2.45, 2.75) is 33.1 Å². The molecule has 2 amide bonds. The first kappa shape index (κ1) is 23.5. The molecule has 35 heavy (non-hydrogen) atoms. The third-order valence-electron chi connectivity index (χ3n) is 7.47. The minimum absolute atomic E-state index is 0.0145. The molecule has 7 heteroatoms. The van der Waals surface area contributed by atoms with E-state index in [1.54, 1.807) is 6.07 Å². The lowest BCUT2D eigenvalue weighted by molar-refractivity contribution is -0.134. The standard InChI is InChI=1S/C28H34N4O3/c1-3-30-14-16-31(17-15-30)26(33)18-21-10-12-32(13-11-21)28(34)23-8-9-24-25(19-23)35-27(29-24)22-6-4-20(2)5-7-22/h4-9,19,21H,3,10-18H2,1-2H3. The predicted molar refractivity (Wildman–Crippen MR) is 136 cm³/mol. The van der Waals surface area contributed by atoms with Gasteiger partial charge in [0.05, 0.1) is 0 Å². The van der Waals surface area contributed by atoms with Crippen molar-refractivity contribution in [1.82, 2.24) is 19.7 Å². The maximum Gasteiger partial charge on any atom is 0.253 e. The molecule has 0 aliphatic carbocycles. The van der Waals surface area contributed by atoms with Crippen LogP contribution in [0.25, 0.3) is 22.6 Å². The maximum absolute atomic E-state index is 13.2. The Bertz CT molecular complexity index is 1190. The summed E-state index contributed by atoms with van der Waals surface area (Å²) in [6, 6.07) is 13.5. The van der Waals surface area contributed by atoms with Crippen molar-refractivity contribution >= 4 is 22.9 Å². The predicted octanol–water partition coefficient (Wildman–Crippen LogP) is 4.21. The number of benzene rings is 2. The number of oxazole rings is 1. The first-order valence-corrected chi connectivity index (χ1v) is 12.8. The molecule has 2 aliphatic rings. The summed E-state index contributed by atoms with van der Waals surface area (Å²) >= 11 is 0. The second-order valence-electron chi connectivity index (χ2n) is 9.82. The summed E-state index contributed by atoms with van der Waals surface area (Å²) in [5, 5.41) is 0. The molecular formula is C28H34N4O3. The first-order valence-electron chi connectivity index (χ1n) is 12.8. The molecule has 0 saturated carbocycles. The lowest BCUT2D eigenvalue weighted by Crippen LogP contribution is -2.49. The van der Waals surface area contributed by atoms with Crippen LogP contribution >= 0.6 is 0 Å². The highest BCUT2D eigenvalue weighted by Gasteiger charge is 2.28. The summed E-state index contributed by atoms with van der Waals surface area (Å²) in [6.07, 6.45) is 2.34. The zero-order valence-corrected chi connectivity index (χ0v) is 20.7. The van der Waals surface area contributed by atoms with Crippen molar-refractivity contribution < 1.29 is 14.0 Å².